The van der Waals surface area contributed by atoms with E-state index in [1.165, 1.54) is 29.3 Å². The Bertz CT molecular complexity index is 1160. The van der Waals surface area contributed by atoms with Gasteiger partial charge in [-0.3, -0.25) is 14.5 Å². The highest BCUT2D eigenvalue weighted by molar-refractivity contribution is 6.39. The minimum Gasteiger partial charge on any atom is -0.378 e. The van der Waals surface area contributed by atoms with Crippen LogP contribution in [0.1, 0.15) is 22.7 Å². The van der Waals surface area contributed by atoms with E-state index >= 15 is 0 Å². The van der Waals surface area contributed by atoms with Gasteiger partial charge in [-0.05, 0) is 47.4 Å². The first-order valence-corrected chi connectivity index (χ1v) is 11.3. The number of carbonyl (C=O) groups is 2. The zero-order valence-corrected chi connectivity index (χ0v) is 19.4. The molecule has 7 heteroatoms. The van der Waals surface area contributed by atoms with E-state index in [9.17, 15) is 14.0 Å². The van der Waals surface area contributed by atoms with E-state index in [0.29, 0.717) is 0 Å². The predicted molar refractivity (Wildman–Crippen MR) is 132 cm³/mol. The lowest BCUT2D eigenvalue weighted by Crippen LogP contribution is -2.43. The monoisotopic (exact) mass is 460 g/mol. The van der Waals surface area contributed by atoms with E-state index < -0.39 is 17.6 Å². The van der Waals surface area contributed by atoms with Crippen molar-refractivity contribution in [3.8, 4) is 0 Å². The number of halogens is 1. The zero-order chi connectivity index (χ0) is 24.1. The van der Waals surface area contributed by atoms with E-state index in [4.69, 9.17) is 0 Å². The van der Waals surface area contributed by atoms with E-state index in [0.717, 1.165) is 30.8 Å². The van der Waals surface area contributed by atoms with Crippen LogP contribution in [0.2, 0.25) is 0 Å². The van der Waals surface area contributed by atoms with Gasteiger partial charge in [-0.25, -0.2) is 4.39 Å². The van der Waals surface area contributed by atoms with Gasteiger partial charge in [0.15, 0.2) is 0 Å². The Balaban J connectivity index is 1.49. The Labute approximate surface area is 199 Å². The number of nitrogens with zero attached hydrogens (tertiary/aromatic N) is 2. The highest BCUT2D eigenvalue weighted by Crippen LogP contribution is 2.28. The number of amides is 2. The largest absolute Gasteiger partial charge is 0.378 e. The van der Waals surface area contributed by atoms with Gasteiger partial charge in [0.05, 0.1) is 11.7 Å². The Morgan fingerprint density at radius 3 is 2.32 bits per heavy atom. The summed E-state index contributed by atoms with van der Waals surface area (Å²) >= 11 is 0. The molecular formula is C27H29FN4O2. The second kappa shape index (κ2) is 10.5. The molecule has 6 nitrogen and oxygen atoms in total. The van der Waals surface area contributed by atoms with Crippen molar-refractivity contribution in [3.05, 3.63) is 95.3 Å². The van der Waals surface area contributed by atoms with Gasteiger partial charge in [0, 0.05) is 39.4 Å². The van der Waals surface area contributed by atoms with Crippen molar-refractivity contribution < 1.29 is 14.0 Å². The molecule has 3 aromatic carbocycles. The number of hydrogen-bond donors (Lipinski definition) is 2. The normalized spacial score (nSPS) is 14.1. The average molecular weight is 461 g/mol. The third kappa shape index (κ3) is 5.43. The van der Waals surface area contributed by atoms with Crippen LogP contribution in [0.4, 0.5) is 15.8 Å². The molecule has 1 aliphatic rings. The number of fused-ring (bicyclic) bond motifs is 1. The molecule has 2 amide bonds. The second-order valence-corrected chi connectivity index (χ2v) is 8.63. The van der Waals surface area contributed by atoms with Gasteiger partial charge in [-0.1, -0.05) is 48.5 Å². The van der Waals surface area contributed by atoms with Gasteiger partial charge in [-0.2, -0.15) is 0 Å². The number of carbonyl (C=O) groups excluding carboxylic acids is 2. The molecule has 3 aromatic rings. The highest BCUT2D eigenvalue weighted by atomic mass is 19.1. The molecule has 0 spiro atoms. The molecule has 1 aliphatic heterocycles. The molecule has 0 radical (unpaired) electrons. The van der Waals surface area contributed by atoms with Crippen LogP contribution >= 0.6 is 0 Å². The number of hydrogen-bond acceptors (Lipinski definition) is 4. The van der Waals surface area contributed by atoms with E-state index in [1.54, 1.807) is 6.07 Å². The molecule has 4 rings (SSSR count). The molecule has 0 saturated carbocycles. The summed E-state index contributed by atoms with van der Waals surface area (Å²) in [5, 5.41) is 5.09. The van der Waals surface area contributed by atoms with Crippen molar-refractivity contribution >= 4 is 23.2 Å². The van der Waals surface area contributed by atoms with Crippen LogP contribution in [0.3, 0.4) is 0 Å². The van der Waals surface area contributed by atoms with Gasteiger partial charge < -0.3 is 15.5 Å². The number of anilines is 2. The summed E-state index contributed by atoms with van der Waals surface area (Å²) in [5.74, 6) is -2.28. The van der Waals surface area contributed by atoms with E-state index in [1.807, 2.05) is 37.2 Å². The standard InChI is InChI=1S/C27H29FN4O2/c1-31(2)22-13-11-20(12-14-22)25(32-16-15-19-7-3-4-8-21(19)18-32)17-29-26(33)27(34)30-24-10-6-5-9-23(24)28/h3-14,25H,15-18H2,1-2H3,(H,29,33)(H,30,34)/t25-/m1/s1. The third-order valence-corrected chi connectivity index (χ3v) is 6.18. The van der Waals surface area contributed by atoms with Crippen LogP contribution in [0.5, 0.6) is 0 Å². The lowest BCUT2D eigenvalue weighted by Gasteiger charge is -2.36. The van der Waals surface area contributed by atoms with Crippen molar-refractivity contribution in [2.45, 2.75) is 19.0 Å². The Kier molecular flexibility index (Phi) is 7.23. The Morgan fingerprint density at radius 2 is 1.62 bits per heavy atom. The van der Waals surface area contributed by atoms with Crippen molar-refractivity contribution in [1.82, 2.24) is 10.2 Å². The summed E-state index contributed by atoms with van der Waals surface area (Å²) in [4.78, 5) is 29.3. The van der Waals surface area contributed by atoms with Gasteiger partial charge in [0.2, 0.25) is 0 Å². The van der Waals surface area contributed by atoms with Crippen LogP contribution in [-0.4, -0.2) is 43.9 Å². The summed E-state index contributed by atoms with van der Waals surface area (Å²) in [5.41, 5.74) is 4.73. The van der Waals surface area contributed by atoms with Crippen molar-refractivity contribution in [2.75, 3.05) is 37.4 Å². The molecule has 176 valence electrons. The summed E-state index contributed by atoms with van der Waals surface area (Å²) in [6.07, 6.45) is 0.921. The number of benzene rings is 3. The second-order valence-electron chi connectivity index (χ2n) is 8.63. The van der Waals surface area contributed by atoms with Crippen molar-refractivity contribution in [1.29, 1.82) is 0 Å². The SMILES string of the molecule is CN(C)c1ccc([C@@H](CNC(=O)C(=O)Nc2ccccc2F)N2CCc3ccccc3C2)cc1. The fourth-order valence-electron chi connectivity index (χ4n) is 4.25. The van der Waals surface area contributed by atoms with E-state index in [2.05, 4.69) is 45.9 Å². The van der Waals surface area contributed by atoms with Crippen LogP contribution in [0.15, 0.2) is 72.8 Å². The minimum absolute atomic E-state index is 0.0221. The molecular weight excluding hydrogens is 431 g/mol. The molecule has 1 heterocycles. The maximum atomic E-state index is 13.8. The molecule has 0 aliphatic carbocycles. The average Bonchev–Trinajstić information content (AvgIpc) is 2.85. The number of para-hydroxylation sites is 1. The highest BCUT2D eigenvalue weighted by Gasteiger charge is 2.26. The summed E-state index contributed by atoms with van der Waals surface area (Å²) < 4.78 is 13.8. The fraction of sp³-hybridized carbons (Fsp3) is 0.259. The maximum Gasteiger partial charge on any atom is 0.313 e. The third-order valence-electron chi connectivity index (χ3n) is 6.18. The van der Waals surface area contributed by atoms with Gasteiger partial charge in [0.1, 0.15) is 5.82 Å². The molecule has 1 atom stereocenters. The first-order valence-electron chi connectivity index (χ1n) is 11.3. The Morgan fingerprint density at radius 1 is 0.941 bits per heavy atom. The van der Waals surface area contributed by atoms with E-state index in [-0.39, 0.29) is 18.3 Å². The summed E-state index contributed by atoms with van der Waals surface area (Å²) in [7, 11) is 3.98. The first kappa shape index (κ1) is 23.4. The lowest BCUT2D eigenvalue weighted by atomic mass is 9.96. The molecule has 0 aromatic heterocycles. The quantitative estimate of drug-likeness (QED) is 0.550. The predicted octanol–water partition coefficient (Wildman–Crippen LogP) is 3.75. The lowest BCUT2D eigenvalue weighted by molar-refractivity contribution is -0.136. The van der Waals surface area contributed by atoms with Gasteiger partial charge in [-0.15, -0.1) is 0 Å². The Hall–Kier alpha value is -3.71. The van der Waals surface area contributed by atoms with Crippen LogP contribution in [0.25, 0.3) is 0 Å². The van der Waals surface area contributed by atoms with Crippen LogP contribution in [0, 0.1) is 5.82 Å². The maximum absolute atomic E-state index is 13.8. The topological polar surface area (TPSA) is 64.7 Å². The first-order chi connectivity index (χ1) is 16.4. The van der Waals surface area contributed by atoms with Crippen molar-refractivity contribution in [2.24, 2.45) is 0 Å². The molecule has 34 heavy (non-hydrogen) atoms. The zero-order valence-electron chi connectivity index (χ0n) is 19.4. The van der Waals surface area contributed by atoms with Crippen LogP contribution < -0.4 is 15.5 Å². The van der Waals surface area contributed by atoms with Gasteiger partial charge in [0.25, 0.3) is 0 Å². The molecule has 2 N–H and O–H groups in total. The molecule has 0 unspecified atom stereocenters. The summed E-state index contributed by atoms with van der Waals surface area (Å²) in [6, 6.07) is 22.3. The summed E-state index contributed by atoms with van der Waals surface area (Å²) in [6.45, 7) is 1.86. The smallest absolute Gasteiger partial charge is 0.313 e. The number of nitrogens with one attached hydrogen (secondary N) is 2. The molecule has 0 saturated heterocycles. The fourth-order valence-corrected chi connectivity index (χ4v) is 4.25. The molecule has 0 bridgehead atoms. The number of rotatable bonds is 6. The minimum atomic E-state index is -0.893. The van der Waals surface area contributed by atoms with Crippen molar-refractivity contribution in [3.63, 3.8) is 0 Å². The van der Waals surface area contributed by atoms with Gasteiger partial charge >= 0.3 is 11.8 Å². The molecule has 0 fully saturated rings. The van der Waals surface area contributed by atoms with Crippen LogP contribution in [-0.2, 0) is 22.6 Å².